The van der Waals surface area contributed by atoms with Gasteiger partial charge in [-0.15, -0.1) is 0 Å². The molecule has 11 heteroatoms. The lowest BCUT2D eigenvalue weighted by atomic mass is 9.77. The van der Waals surface area contributed by atoms with Gasteiger partial charge in [-0.3, -0.25) is 19.3 Å². The molecular formula is C32H42BrNO8S. The third kappa shape index (κ3) is 9.72. The number of nitrogens with zero attached hydrogens (tertiary/aromatic N) is 1. The number of methoxy groups -OCH3 is 1. The number of thioether (sulfide) groups is 1. The standard InChI is InChI=1S/C28H35NO6S.C4H7BrO2/c1-5-8-15-28(16-9-6-2)26(31)29(20-13-11-10-12-14-20)21-17-22(33-4)23(18-24(21)36-27(28)32)35-19-25(30)34-7-3;1-2-7-4(6)3-5/h10-14,17-18H,5-9,15-16,19H2,1-4H3;2-3H2,1H3. The van der Waals surface area contributed by atoms with E-state index >= 15 is 0 Å². The largest absolute Gasteiger partial charge is 0.493 e. The van der Waals surface area contributed by atoms with Crippen molar-refractivity contribution in [2.45, 2.75) is 71.1 Å². The number of amides is 1. The molecule has 43 heavy (non-hydrogen) atoms. The third-order valence-electron chi connectivity index (χ3n) is 6.69. The van der Waals surface area contributed by atoms with Crippen LogP contribution in [0.5, 0.6) is 11.5 Å². The number of carbonyl (C=O) groups excluding carboxylic acids is 4. The molecular weight excluding hydrogens is 638 g/mol. The van der Waals surface area contributed by atoms with Crippen molar-refractivity contribution in [2.24, 2.45) is 5.41 Å². The van der Waals surface area contributed by atoms with Crippen LogP contribution in [0.3, 0.4) is 0 Å². The Morgan fingerprint density at radius 2 is 1.49 bits per heavy atom. The summed E-state index contributed by atoms with van der Waals surface area (Å²) in [4.78, 5) is 52.5. The van der Waals surface area contributed by atoms with Gasteiger partial charge in [0.2, 0.25) is 11.0 Å². The first-order valence-electron chi connectivity index (χ1n) is 14.6. The van der Waals surface area contributed by atoms with Crippen LogP contribution in [0.25, 0.3) is 0 Å². The lowest BCUT2D eigenvalue weighted by Crippen LogP contribution is -2.45. The molecule has 1 aliphatic heterocycles. The fourth-order valence-electron chi connectivity index (χ4n) is 4.54. The van der Waals surface area contributed by atoms with Crippen LogP contribution in [0.1, 0.15) is 66.2 Å². The van der Waals surface area contributed by atoms with Crippen LogP contribution >= 0.6 is 27.7 Å². The highest BCUT2D eigenvalue weighted by molar-refractivity contribution is 9.09. The van der Waals surface area contributed by atoms with Gasteiger partial charge in [0, 0.05) is 22.7 Å². The first kappa shape index (κ1) is 36.1. The van der Waals surface area contributed by atoms with Gasteiger partial charge < -0.3 is 18.9 Å². The number of ether oxygens (including phenoxy) is 4. The minimum atomic E-state index is -1.13. The molecule has 0 bridgehead atoms. The SMILES string of the molecule is CCCCC1(CCCC)C(=O)Sc2cc(OCC(=O)OCC)c(OC)cc2N(c2ccccc2)C1=O.CCOC(=O)CBr. The molecule has 2 aromatic rings. The normalized spacial score (nSPS) is 13.7. The predicted molar refractivity (Wildman–Crippen MR) is 171 cm³/mol. The highest BCUT2D eigenvalue weighted by Crippen LogP contribution is 2.51. The topological polar surface area (TPSA) is 108 Å². The van der Waals surface area contributed by atoms with Gasteiger partial charge in [-0.25, -0.2) is 4.79 Å². The summed E-state index contributed by atoms with van der Waals surface area (Å²) < 4.78 is 20.7. The molecule has 1 heterocycles. The van der Waals surface area contributed by atoms with Crippen LogP contribution in [0.15, 0.2) is 47.4 Å². The smallest absolute Gasteiger partial charge is 0.344 e. The average molecular weight is 681 g/mol. The summed E-state index contributed by atoms with van der Waals surface area (Å²) in [6.07, 6.45) is 4.31. The number of benzene rings is 2. The van der Waals surface area contributed by atoms with E-state index in [0.29, 0.717) is 52.5 Å². The van der Waals surface area contributed by atoms with E-state index in [1.165, 1.54) is 7.11 Å². The molecule has 9 nitrogen and oxygen atoms in total. The van der Waals surface area contributed by atoms with Gasteiger partial charge in [0.05, 0.1) is 26.0 Å². The molecule has 0 radical (unpaired) electrons. The third-order valence-corrected chi connectivity index (χ3v) is 8.27. The minimum absolute atomic E-state index is 0.157. The zero-order valence-corrected chi connectivity index (χ0v) is 28.0. The van der Waals surface area contributed by atoms with Crippen molar-refractivity contribution in [3.05, 3.63) is 42.5 Å². The highest BCUT2D eigenvalue weighted by atomic mass is 79.9. The number of carbonyl (C=O) groups is 4. The molecule has 0 N–H and O–H groups in total. The number of rotatable bonds is 14. The van der Waals surface area contributed by atoms with Crippen LogP contribution in [0, 0.1) is 5.41 Å². The minimum Gasteiger partial charge on any atom is -0.493 e. The zero-order valence-electron chi connectivity index (χ0n) is 25.6. The van der Waals surface area contributed by atoms with Crippen molar-refractivity contribution >= 4 is 62.0 Å². The molecule has 0 fully saturated rings. The van der Waals surface area contributed by atoms with Crippen LogP contribution in [-0.2, 0) is 28.7 Å². The first-order chi connectivity index (χ1) is 20.7. The number of fused-ring (bicyclic) bond motifs is 1. The van der Waals surface area contributed by atoms with E-state index in [1.54, 1.807) is 30.9 Å². The molecule has 0 aliphatic carbocycles. The second-order valence-corrected chi connectivity index (χ2v) is 11.2. The maximum absolute atomic E-state index is 14.4. The fraction of sp³-hybridized carbons (Fsp3) is 0.500. The molecule has 0 spiro atoms. The Kier molecular flexibility index (Phi) is 15.6. The Balaban J connectivity index is 0.000000821. The van der Waals surface area contributed by atoms with E-state index in [4.69, 9.17) is 14.2 Å². The summed E-state index contributed by atoms with van der Waals surface area (Å²) >= 11 is 4.01. The second-order valence-electron chi connectivity index (χ2n) is 9.66. The van der Waals surface area contributed by atoms with E-state index in [0.717, 1.165) is 37.4 Å². The number of anilines is 2. The van der Waals surface area contributed by atoms with Gasteiger partial charge in [0.1, 0.15) is 10.7 Å². The lowest BCUT2D eigenvalue weighted by Gasteiger charge is -2.34. The monoisotopic (exact) mass is 679 g/mol. The summed E-state index contributed by atoms with van der Waals surface area (Å²) in [5, 5.41) is 0.136. The Bertz CT molecular complexity index is 1220. The summed E-state index contributed by atoms with van der Waals surface area (Å²) in [7, 11) is 1.50. The summed E-state index contributed by atoms with van der Waals surface area (Å²) in [6, 6.07) is 12.7. The van der Waals surface area contributed by atoms with Crippen LogP contribution in [0.2, 0.25) is 0 Å². The Morgan fingerprint density at radius 1 is 0.884 bits per heavy atom. The number of hydrogen-bond acceptors (Lipinski definition) is 9. The van der Waals surface area contributed by atoms with E-state index in [9.17, 15) is 19.2 Å². The number of unbranched alkanes of at least 4 members (excludes halogenated alkanes) is 2. The maximum Gasteiger partial charge on any atom is 0.344 e. The Labute approximate surface area is 267 Å². The lowest BCUT2D eigenvalue weighted by molar-refractivity contribution is -0.145. The van der Waals surface area contributed by atoms with Gasteiger partial charge in [-0.2, -0.15) is 0 Å². The molecule has 0 aromatic heterocycles. The van der Waals surface area contributed by atoms with Crippen molar-refractivity contribution in [1.29, 1.82) is 0 Å². The van der Waals surface area contributed by atoms with Crippen LogP contribution in [0.4, 0.5) is 11.4 Å². The molecule has 0 unspecified atom stereocenters. The van der Waals surface area contributed by atoms with E-state index in [2.05, 4.69) is 34.5 Å². The quantitative estimate of drug-likeness (QED) is 0.116. The summed E-state index contributed by atoms with van der Waals surface area (Å²) in [5.41, 5.74) is 0.100. The molecule has 0 saturated carbocycles. The van der Waals surface area contributed by atoms with Gasteiger partial charge in [-0.1, -0.05) is 73.7 Å². The maximum atomic E-state index is 14.4. The van der Waals surface area contributed by atoms with Crippen LogP contribution < -0.4 is 14.4 Å². The number of esters is 2. The van der Waals surface area contributed by atoms with Gasteiger partial charge in [0.15, 0.2) is 18.1 Å². The number of alkyl halides is 1. The number of para-hydroxylation sites is 1. The van der Waals surface area contributed by atoms with Crippen LogP contribution in [-0.4, -0.2) is 55.2 Å². The first-order valence-corrected chi connectivity index (χ1v) is 16.5. The van der Waals surface area contributed by atoms with Gasteiger partial charge >= 0.3 is 11.9 Å². The van der Waals surface area contributed by atoms with Gasteiger partial charge in [-0.05, 0) is 50.6 Å². The predicted octanol–water partition coefficient (Wildman–Crippen LogP) is 7.25. The summed E-state index contributed by atoms with van der Waals surface area (Å²) in [5.74, 6) is -0.261. The summed E-state index contributed by atoms with van der Waals surface area (Å²) in [6.45, 7) is 8.05. The average Bonchev–Trinajstić information content (AvgIpc) is 3.09. The van der Waals surface area contributed by atoms with E-state index < -0.39 is 11.4 Å². The zero-order chi connectivity index (χ0) is 31.8. The molecule has 0 saturated heterocycles. The highest BCUT2D eigenvalue weighted by Gasteiger charge is 2.50. The Morgan fingerprint density at radius 3 is 2.00 bits per heavy atom. The Hall–Kier alpha value is -3.05. The van der Waals surface area contributed by atoms with Crippen molar-refractivity contribution in [3.63, 3.8) is 0 Å². The molecule has 1 amide bonds. The van der Waals surface area contributed by atoms with Crippen molar-refractivity contribution < 1.29 is 38.1 Å². The van der Waals surface area contributed by atoms with Crippen molar-refractivity contribution in [1.82, 2.24) is 0 Å². The molecule has 1 aliphatic rings. The second kappa shape index (κ2) is 18.6. The number of hydrogen-bond donors (Lipinski definition) is 0. The van der Waals surface area contributed by atoms with Crippen molar-refractivity contribution in [2.75, 3.05) is 37.2 Å². The van der Waals surface area contributed by atoms with E-state index in [-0.39, 0.29) is 30.2 Å². The molecule has 2 aromatic carbocycles. The van der Waals surface area contributed by atoms with Crippen molar-refractivity contribution in [3.8, 4) is 11.5 Å². The number of halogens is 1. The molecule has 0 atom stereocenters. The fourth-order valence-corrected chi connectivity index (χ4v) is 5.81. The van der Waals surface area contributed by atoms with E-state index in [1.807, 2.05) is 30.3 Å². The molecule has 236 valence electrons. The van der Waals surface area contributed by atoms with Gasteiger partial charge in [0.25, 0.3) is 0 Å². The molecule has 3 rings (SSSR count).